The summed E-state index contributed by atoms with van der Waals surface area (Å²) >= 11 is 1.87. The third-order valence-electron chi connectivity index (χ3n) is 6.43. The Morgan fingerprint density at radius 2 is 1.78 bits per heavy atom. The molecule has 32 heavy (non-hydrogen) atoms. The molecule has 0 aliphatic rings. The van der Waals surface area contributed by atoms with E-state index in [1.54, 1.807) is 0 Å². The molecule has 2 aromatic carbocycles. The van der Waals surface area contributed by atoms with E-state index >= 15 is 0 Å². The smallest absolute Gasteiger partial charge is 0.144 e. The van der Waals surface area contributed by atoms with Gasteiger partial charge in [-0.2, -0.15) is 0 Å². The number of imidazole rings is 1. The van der Waals surface area contributed by atoms with Crippen LogP contribution in [0.5, 0.6) is 0 Å². The van der Waals surface area contributed by atoms with Crippen LogP contribution in [0, 0.1) is 18.8 Å². The Kier molecular flexibility index (Phi) is 6.39. The molecule has 0 amide bonds. The second-order valence-electron chi connectivity index (χ2n) is 9.16. The lowest BCUT2D eigenvalue weighted by molar-refractivity contribution is 0.712. The molecule has 3 heteroatoms. The molecule has 4 rings (SSSR count). The van der Waals surface area contributed by atoms with Gasteiger partial charge in [-0.3, -0.25) is 4.57 Å². The molecule has 0 atom stereocenters. The lowest BCUT2D eigenvalue weighted by Crippen LogP contribution is -2.12. The first kappa shape index (κ1) is 22.5. The normalized spacial score (nSPS) is 13.6. The highest BCUT2D eigenvalue weighted by Crippen LogP contribution is 2.40. The van der Waals surface area contributed by atoms with Crippen molar-refractivity contribution in [2.45, 2.75) is 54.9 Å². The highest BCUT2D eigenvalue weighted by molar-refractivity contribution is 7.25. The monoisotopic (exact) mass is 442 g/mol. The average Bonchev–Trinajstić information content (AvgIpc) is 3.36. The van der Waals surface area contributed by atoms with Crippen LogP contribution in [-0.4, -0.2) is 9.55 Å². The van der Waals surface area contributed by atoms with Crippen molar-refractivity contribution in [1.82, 2.24) is 9.55 Å². The Bertz CT molecular complexity index is 1330. The number of nitrogens with zero attached hydrogens (tertiary/aromatic N) is 2. The molecule has 0 bridgehead atoms. The molecule has 0 saturated carbocycles. The summed E-state index contributed by atoms with van der Waals surface area (Å²) in [5, 5.41) is 2.65. The second kappa shape index (κ2) is 9.07. The quantitative estimate of drug-likeness (QED) is 0.272. The molecule has 166 valence electrons. The fraction of sp³-hybridized carbons (Fsp3) is 0.345. The van der Waals surface area contributed by atoms with E-state index in [1.807, 2.05) is 17.5 Å². The van der Waals surface area contributed by atoms with Crippen molar-refractivity contribution in [2.24, 2.45) is 11.8 Å². The highest BCUT2D eigenvalue weighted by Gasteiger charge is 2.21. The van der Waals surface area contributed by atoms with Crippen LogP contribution in [0.2, 0.25) is 0 Å². The van der Waals surface area contributed by atoms with Crippen LogP contribution in [0.3, 0.4) is 0 Å². The van der Waals surface area contributed by atoms with Crippen molar-refractivity contribution in [3.8, 4) is 11.4 Å². The molecule has 0 unspecified atom stereocenters. The van der Waals surface area contributed by atoms with Gasteiger partial charge in [-0.25, -0.2) is 4.98 Å². The van der Waals surface area contributed by atoms with Crippen molar-refractivity contribution < 1.29 is 0 Å². The van der Waals surface area contributed by atoms with Crippen molar-refractivity contribution in [2.75, 3.05) is 0 Å². The van der Waals surface area contributed by atoms with Crippen molar-refractivity contribution in [3.05, 3.63) is 71.6 Å². The number of rotatable bonds is 6. The number of allylic oxidation sites excluding steroid dienone is 4. The van der Waals surface area contributed by atoms with Gasteiger partial charge in [0.05, 0.1) is 0 Å². The van der Waals surface area contributed by atoms with Crippen LogP contribution in [0.25, 0.3) is 37.3 Å². The van der Waals surface area contributed by atoms with Crippen LogP contribution in [0.1, 0.15) is 53.5 Å². The minimum Gasteiger partial charge on any atom is -0.300 e. The fourth-order valence-electron chi connectivity index (χ4n) is 4.87. The van der Waals surface area contributed by atoms with Crippen molar-refractivity contribution in [3.63, 3.8) is 0 Å². The Hall–Kier alpha value is -2.65. The molecule has 0 aliphatic carbocycles. The first-order valence-corrected chi connectivity index (χ1v) is 12.5. The summed E-state index contributed by atoms with van der Waals surface area (Å²) in [4.78, 5) is 4.90. The van der Waals surface area contributed by atoms with Crippen LogP contribution in [0.15, 0.2) is 66.0 Å². The largest absolute Gasteiger partial charge is 0.300 e. The van der Waals surface area contributed by atoms with Crippen molar-refractivity contribution >= 4 is 37.2 Å². The van der Waals surface area contributed by atoms with Crippen LogP contribution < -0.4 is 0 Å². The molecular formula is C29H34N2S. The van der Waals surface area contributed by atoms with Gasteiger partial charge in [0, 0.05) is 43.8 Å². The standard InChI is InChI=1S/C29H34N2S/c1-8-21(18(3)4)28(22(9-2)19(5)6)31-15-14-30-29(31)24-17-25-23-12-10-11-13-26(23)32-27(25)16-20(24)7/h8,10-19H,9H2,1-7H3/b21-8-,28-22-. The minimum atomic E-state index is 0.440. The fourth-order valence-corrected chi connectivity index (χ4v) is 6.05. The zero-order valence-electron chi connectivity index (χ0n) is 20.4. The van der Waals surface area contributed by atoms with Crippen molar-refractivity contribution in [1.29, 1.82) is 0 Å². The summed E-state index contributed by atoms with van der Waals surface area (Å²) < 4.78 is 5.03. The Morgan fingerprint density at radius 3 is 2.44 bits per heavy atom. The minimum absolute atomic E-state index is 0.440. The Morgan fingerprint density at radius 1 is 1.03 bits per heavy atom. The van der Waals surface area contributed by atoms with Gasteiger partial charge in [0.15, 0.2) is 0 Å². The van der Waals surface area contributed by atoms with Gasteiger partial charge in [0.25, 0.3) is 0 Å². The van der Waals surface area contributed by atoms with Crippen LogP contribution in [0.4, 0.5) is 0 Å². The van der Waals surface area contributed by atoms with Gasteiger partial charge in [0.2, 0.25) is 0 Å². The van der Waals surface area contributed by atoms with Gasteiger partial charge in [-0.15, -0.1) is 11.3 Å². The zero-order chi connectivity index (χ0) is 23.0. The summed E-state index contributed by atoms with van der Waals surface area (Å²) in [6.45, 7) is 15.8. The molecule has 0 saturated heterocycles. The van der Waals surface area contributed by atoms with Gasteiger partial charge >= 0.3 is 0 Å². The Balaban J connectivity index is 2.01. The lowest BCUT2D eigenvalue weighted by Gasteiger charge is -2.25. The molecule has 2 heterocycles. The van der Waals surface area contributed by atoms with Crippen LogP contribution >= 0.6 is 11.3 Å². The van der Waals surface area contributed by atoms with E-state index in [2.05, 4.69) is 102 Å². The number of fused-ring (bicyclic) bond motifs is 3. The number of aryl methyl sites for hydroxylation is 1. The highest BCUT2D eigenvalue weighted by atomic mass is 32.1. The van der Waals surface area contributed by atoms with E-state index in [-0.39, 0.29) is 0 Å². The number of benzene rings is 2. The zero-order valence-corrected chi connectivity index (χ0v) is 21.2. The maximum absolute atomic E-state index is 4.90. The van der Waals surface area contributed by atoms with Gasteiger partial charge in [-0.1, -0.05) is 58.9 Å². The van der Waals surface area contributed by atoms with Gasteiger partial charge < -0.3 is 0 Å². The molecule has 2 nitrogen and oxygen atoms in total. The summed E-state index contributed by atoms with van der Waals surface area (Å²) in [6.07, 6.45) is 7.40. The Labute approximate surface area is 196 Å². The summed E-state index contributed by atoms with van der Waals surface area (Å²) in [7, 11) is 0. The maximum atomic E-state index is 4.90. The molecule has 0 spiro atoms. The molecule has 0 radical (unpaired) electrons. The number of hydrogen-bond acceptors (Lipinski definition) is 2. The first-order chi connectivity index (χ1) is 15.4. The third kappa shape index (κ3) is 3.84. The van der Waals surface area contributed by atoms with Gasteiger partial charge in [-0.05, 0) is 67.0 Å². The molecule has 2 aromatic heterocycles. The van der Waals surface area contributed by atoms with Crippen LogP contribution in [-0.2, 0) is 0 Å². The predicted molar refractivity (Wildman–Crippen MR) is 142 cm³/mol. The maximum Gasteiger partial charge on any atom is 0.144 e. The molecule has 4 aromatic rings. The predicted octanol–water partition coefficient (Wildman–Crippen LogP) is 9.11. The lowest BCUT2D eigenvalue weighted by atomic mass is 9.89. The van der Waals surface area contributed by atoms with E-state index in [1.165, 1.54) is 48.1 Å². The van der Waals surface area contributed by atoms with E-state index in [9.17, 15) is 0 Å². The summed E-state index contributed by atoms with van der Waals surface area (Å²) in [6, 6.07) is 13.4. The molecule has 0 N–H and O–H groups in total. The number of thiophene rings is 1. The number of hydrogen-bond donors (Lipinski definition) is 0. The molecule has 0 aliphatic heterocycles. The topological polar surface area (TPSA) is 17.8 Å². The molecule has 0 fully saturated rings. The van der Waals surface area contributed by atoms with E-state index in [4.69, 9.17) is 4.98 Å². The average molecular weight is 443 g/mol. The third-order valence-corrected chi connectivity index (χ3v) is 7.57. The van der Waals surface area contributed by atoms with E-state index in [0.717, 1.165) is 12.2 Å². The SMILES string of the molecule is C/C=C(\C(=C(/CC)C(C)C)n1ccnc1-c1cc2c(cc1C)sc1ccccc12)C(C)C. The first-order valence-electron chi connectivity index (χ1n) is 11.7. The summed E-state index contributed by atoms with van der Waals surface area (Å²) in [5.74, 6) is 1.94. The van der Waals surface area contributed by atoms with E-state index < -0.39 is 0 Å². The van der Waals surface area contributed by atoms with E-state index in [0.29, 0.717) is 11.8 Å². The second-order valence-corrected chi connectivity index (χ2v) is 10.2. The number of aromatic nitrogens is 2. The van der Waals surface area contributed by atoms with Gasteiger partial charge in [0.1, 0.15) is 5.82 Å². The molecular weight excluding hydrogens is 408 g/mol. The summed E-state index contributed by atoms with van der Waals surface area (Å²) in [5.41, 5.74) is 6.66.